The van der Waals surface area contributed by atoms with Crippen LogP contribution < -0.4 is 19.7 Å². The molecule has 1 saturated heterocycles. The minimum absolute atomic E-state index is 0.0502. The van der Waals surface area contributed by atoms with Gasteiger partial charge in [0.15, 0.2) is 17.4 Å². The Morgan fingerprint density at radius 3 is 2.61 bits per heavy atom. The molecule has 3 aromatic heterocycles. The number of rotatable bonds is 7. The Morgan fingerprint density at radius 2 is 1.89 bits per heavy atom. The van der Waals surface area contributed by atoms with Gasteiger partial charge in [-0.2, -0.15) is 5.10 Å². The summed E-state index contributed by atoms with van der Waals surface area (Å²) in [5, 5.41) is 6.36. The van der Waals surface area contributed by atoms with Gasteiger partial charge in [0, 0.05) is 41.5 Å². The third-order valence-electron chi connectivity index (χ3n) is 8.11. The molecule has 1 saturated carbocycles. The van der Waals surface area contributed by atoms with E-state index in [1.54, 1.807) is 6.92 Å². The van der Waals surface area contributed by atoms with Gasteiger partial charge in [0.2, 0.25) is 11.7 Å². The molecule has 2 amide bonds. The van der Waals surface area contributed by atoms with Crippen LogP contribution in [0.15, 0.2) is 36.9 Å². The zero-order valence-corrected chi connectivity index (χ0v) is 24.5. The lowest BCUT2D eigenvalue weighted by Crippen LogP contribution is -2.30. The van der Waals surface area contributed by atoms with Crippen molar-refractivity contribution >= 4 is 34.9 Å². The fraction of sp³-hybridized carbons (Fsp3) is 0.310. The van der Waals surface area contributed by atoms with Gasteiger partial charge < -0.3 is 14.8 Å². The van der Waals surface area contributed by atoms with E-state index < -0.39 is 46.6 Å². The molecular formula is C29H21ClF5N7O4. The normalized spacial score (nSPS) is 19.8. The Balaban J connectivity index is 1.14. The summed E-state index contributed by atoms with van der Waals surface area (Å²) in [7, 11) is 0. The van der Waals surface area contributed by atoms with E-state index in [0.717, 1.165) is 24.8 Å². The summed E-state index contributed by atoms with van der Waals surface area (Å²) < 4.78 is 81.7. The first-order valence-electron chi connectivity index (χ1n) is 13.9. The number of piperidine rings is 1. The van der Waals surface area contributed by atoms with Crippen molar-refractivity contribution in [3.05, 3.63) is 70.3 Å². The largest absolute Gasteiger partial charge is 0.586 e. The molecule has 11 nitrogen and oxygen atoms in total. The van der Waals surface area contributed by atoms with Gasteiger partial charge in [-0.3, -0.25) is 24.2 Å². The Bertz CT molecular complexity index is 1940. The number of carbonyl (C=O) groups is 2. The third-order valence-corrected chi connectivity index (χ3v) is 8.40. The van der Waals surface area contributed by atoms with Crippen molar-refractivity contribution in [1.82, 2.24) is 24.7 Å². The van der Waals surface area contributed by atoms with E-state index in [-0.39, 0.29) is 63.4 Å². The molecule has 238 valence electrons. The maximum Gasteiger partial charge on any atom is 0.586 e. The smallest absolute Gasteiger partial charge is 0.395 e. The summed E-state index contributed by atoms with van der Waals surface area (Å²) in [6.45, 7) is 3.42. The van der Waals surface area contributed by atoms with Crippen molar-refractivity contribution in [3.8, 4) is 22.8 Å². The molecule has 5 heterocycles. The Hall–Kier alpha value is -4.86. The fourth-order valence-corrected chi connectivity index (χ4v) is 5.79. The van der Waals surface area contributed by atoms with Gasteiger partial charge in [0.1, 0.15) is 5.69 Å². The lowest BCUT2D eigenvalue weighted by molar-refractivity contribution is -0.286. The van der Waals surface area contributed by atoms with E-state index in [1.807, 2.05) is 0 Å². The van der Waals surface area contributed by atoms with Crippen LogP contribution in [0.5, 0.6) is 11.5 Å². The number of nitrogens with zero attached hydrogens (tertiary/aromatic N) is 6. The zero-order valence-electron chi connectivity index (χ0n) is 23.8. The molecule has 1 N–H and O–H groups in total. The van der Waals surface area contributed by atoms with Crippen LogP contribution in [0.3, 0.4) is 0 Å². The molecule has 4 aromatic rings. The summed E-state index contributed by atoms with van der Waals surface area (Å²) in [6, 6.07) is 1.19. The molecule has 3 atom stereocenters. The van der Waals surface area contributed by atoms with Gasteiger partial charge >= 0.3 is 6.29 Å². The first-order valence-corrected chi connectivity index (χ1v) is 14.3. The van der Waals surface area contributed by atoms with E-state index in [2.05, 4.69) is 25.4 Å². The summed E-state index contributed by atoms with van der Waals surface area (Å²) >= 11 is 5.82. The van der Waals surface area contributed by atoms with Crippen molar-refractivity contribution < 1.29 is 41.0 Å². The van der Waals surface area contributed by atoms with E-state index in [9.17, 15) is 31.5 Å². The molecule has 0 unspecified atom stereocenters. The van der Waals surface area contributed by atoms with Crippen LogP contribution in [0.1, 0.15) is 53.1 Å². The average molecular weight is 662 g/mol. The molecule has 0 bridgehead atoms. The lowest BCUT2D eigenvalue weighted by Gasteiger charge is -2.20. The molecule has 7 rings (SSSR count). The van der Waals surface area contributed by atoms with Crippen molar-refractivity contribution in [2.24, 2.45) is 11.8 Å². The molecule has 1 aromatic carbocycles. The summed E-state index contributed by atoms with van der Waals surface area (Å²) in [5.74, 6) is -2.83. The first kappa shape index (κ1) is 29.8. The van der Waals surface area contributed by atoms with E-state index >= 15 is 0 Å². The quantitative estimate of drug-likeness (QED) is 0.242. The summed E-state index contributed by atoms with van der Waals surface area (Å²) in [4.78, 5) is 39.6. The van der Waals surface area contributed by atoms with Crippen LogP contribution in [0.4, 0.5) is 33.5 Å². The number of alkyl halides is 4. The highest BCUT2D eigenvalue weighted by Crippen LogP contribution is 2.54. The van der Waals surface area contributed by atoms with Crippen LogP contribution in [-0.2, 0) is 4.79 Å². The number of amides is 2. The Kier molecular flexibility index (Phi) is 6.88. The molecule has 2 fully saturated rings. The predicted octanol–water partition coefficient (Wildman–Crippen LogP) is 5.94. The topological polar surface area (TPSA) is 124 Å². The van der Waals surface area contributed by atoms with Crippen LogP contribution in [0.25, 0.3) is 11.3 Å². The molecule has 0 radical (unpaired) electrons. The molecule has 46 heavy (non-hydrogen) atoms. The number of hydrogen-bond acceptors (Lipinski definition) is 8. The van der Waals surface area contributed by atoms with Crippen LogP contribution in [-0.4, -0.2) is 49.4 Å². The number of carbonyl (C=O) groups excluding carboxylic acids is 2. The highest BCUT2D eigenvalue weighted by Gasteiger charge is 2.55. The van der Waals surface area contributed by atoms with E-state index in [1.165, 1.54) is 35.1 Å². The van der Waals surface area contributed by atoms with Crippen molar-refractivity contribution in [3.63, 3.8) is 0 Å². The maximum absolute atomic E-state index is 14.8. The highest BCUT2D eigenvalue weighted by molar-refractivity contribution is 6.31. The molecule has 0 spiro atoms. The molecule has 2 aliphatic heterocycles. The monoisotopic (exact) mass is 661 g/mol. The van der Waals surface area contributed by atoms with Gasteiger partial charge in [-0.25, -0.2) is 23.1 Å². The maximum atomic E-state index is 14.8. The van der Waals surface area contributed by atoms with Gasteiger partial charge in [-0.15, -0.1) is 8.78 Å². The van der Waals surface area contributed by atoms with Crippen molar-refractivity contribution in [2.75, 3.05) is 16.8 Å². The van der Waals surface area contributed by atoms with Crippen LogP contribution >= 0.6 is 11.6 Å². The number of anilines is 2. The fourth-order valence-electron chi connectivity index (χ4n) is 5.63. The second-order valence-electron chi connectivity index (χ2n) is 11.1. The number of nitrogens with one attached hydrogen (secondary N) is 1. The Morgan fingerprint density at radius 1 is 1.13 bits per heavy atom. The minimum atomic E-state index is -3.99. The van der Waals surface area contributed by atoms with E-state index in [4.69, 9.17) is 21.1 Å². The summed E-state index contributed by atoms with van der Waals surface area (Å²) in [5.41, 5.74) is -1.43. The van der Waals surface area contributed by atoms with Gasteiger partial charge in [-0.05, 0) is 32.3 Å². The highest BCUT2D eigenvalue weighted by atomic mass is 35.5. The second kappa shape index (κ2) is 10.6. The lowest BCUT2D eigenvalue weighted by atomic mass is 10.0. The number of fused-ring (bicyclic) bond motifs is 2. The number of hydrogen-bond donors (Lipinski definition) is 1. The van der Waals surface area contributed by atoms with Gasteiger partial charge in [0.25, 0.3) is 12.3 Å². The number of pyridine rings is 1. The molecule has 3 aliphatic rings. The van der Waals surface area contributed by atoms with Gasteiger partial charge in [-0.1, -0.05) is 17.7 Å². The SMILES string of the molecule is Cc1ncc(-c2c(C(F)F)ccc(Cl)c2F)nc1C(=O)Nc1cnn([C@H](C)c2cnc(N3C[C@H]4C[C@H]4C3=O)c3c2OC(F)(F)O3)c1. The number of ether oxygens (including phenoxy) is 2. The molecule has 17 heteroatoms. The standard InChI is InChI=1S/C29H21ClF5N7O4/c1-11-22(40-19(8-36-11)20-15(25(32)33)3-4-18(30)21(20)31)27(43)39-14-6-38-42(10-14)12(2)17-7-37-26(24-23(17)45-29(34,35)46-24)41-9-13-5-16(13)28(41)44/h3-4,6-8,10,12-13,16,25H,5,9H2,1-2H3,(H,39,43)/t12-,13-,16-/m1/s1. The van der Waals surface area contributed by atoms with E-state index in [0.29, 0.717) is 6.54 Å². The molecular weight excluding hydrogens is 641 g/mol. The van der Waals surface area contributed by atoms with Crippen LogP contribution in [0, 0.1) is 24.6 Å². The predicted molar refractivity (Wildman–Crippen MR) is 151 cm³/mol. The number of aryl methyl sites for hydroxylation is 1. The van der Waals surface area contributed by atoms with Crippen molar-refractivity contribution in [2.45, 2.75) is 39.0 Å². The van der Waals surface area contributed by atoms with Crippen LogP contribution in [0.2, 0.25) is 5.02 Å². The van der Waals surface area contributed by atoms with Crippen molar-refractivity contribution in [1.29, 1.82) is 0 Å². The number of halogens is 6. The summed E-state index contributed by atoms with van der Waals surface area (Å²) in [6.07, 6.45) is -1.26. The average Bonchev–Trinajstić information content (AvgIpc) is 3.29. The third kappa shape index (κ3) is 4.96. The zero-order chi connectivity index (χ0) is 32.7. The number of aromatic nitrogens is 5. The van der Waals surface area contributed by atoms with Gasteiger partial charge in [0.05, 0.1) is 40.5 Å². The Labute approximate surface area is 261 Å². The first-order chi connectivity index (χ1) is 21.8. The molecule has 1 aliphatic carbocycles. The minimum Gasteiger partial charge on any atom is -0.395 e. The second-order valence-corrected chi connectivity index (χ2v) is 11.5. The number of benzene rings is 1.